The second-order valence-electron chi connectivity index (χ2n) is 7.56. The SMILES string of the molecule is CC(C)(C)C(=O)Nc1ccc(N2CCN(c3cccc(Cl)c3)CC2)cn1. The zero-order chi connectivity index (χ0) is 18.7. The number of aromatic nitrogens is 1. The van der Waals surface area contributed by atoms with Gasteiger partial charge in [0.05, 0.1) is 11.9 Å². The Morgan fingerprint density at radius 1 is 1.04 bits per heavy atom. The molecule has 1 aliphatic heterocycles. The van der Waals surface area contributed by atoms with Gasteiger partial charge in [0.2, 0.25) is 5.91 Å². The molecule has 0 saturated carbocycles. The van der Waals surface area contributed by atoms with Crippen LogP contribution in [0.5, 0.6) is 0 Å². The molecule has 3 rings (SSSR count). The number of nitrogens with zero attached hydrogens (tertiary/aromatic N) is 3. The first-order valence-corrected chi connectivity index (χ1v) is 9.24. The van der Waals surface area contributed by atoms with Crippen molar-refractivity contribution in [3.63, 3.8) is 0 Å². The number of pyridine rings is 1. The van der Waals surface area contributed by atoms with Crippen molar-refractivity contribution >= 4 is 34.7 Å². The summed E-state index contributed by atoms with van der Waals surface area (Å²) in [4.78, 5) is 21.1. The van der Waals surface area contributed by atoms with Crippen LogP contribution >= 0.6 is 11.6 Å². The van der Waals surface area contributed by atoms with Crippen LogP contribution in [0.4, 0.5) is 17.2 Å². The summed E-state index contributed by atoms with van der Waals surface area (Å²) in [7, 11) is 0. The third-order valence-electron chi connectivity index (χ3n) is 4.49. The van der Waals surface area contributed by atoms with Crippen LogP contribution in [-0.2, 0) is 4.79 Å². The summed E-state index contributed by atoms with van der Waals surface area (Å²) in [6, 6.07) is 11.9. The number of carbonyl (C=O) groups excluding carboxylic acids is 1. The number of hydrogen-bond donors (Lipinski definition) is 1. The van der Waals surface area contributed by atoms with Crippen molar-refractivity contribution in [1.82, 2.24) is 4.98 Å². The van der Waals surface area contributed by atoms with Crippen LogP contribution in [0.25, 0.3) is 0 Å². The molecule has 1 N–H and O–H groups in total. The van der Waals surface area contributed by atoms with Crippen LogP contribution in [0.15, 0.2) is 42.6 Å². The molecule has 0 atom stereocenters. The van der Waals surface area contributed by atoms with Gasteiger partial charge in [-0.3, -0.25) is 4.79 Å². The van der Waals surface area contributed by atoms with Crippen LogP contribution in [0.2, 0.25) is 5.02 Å². The van der Waals surface area contributed by atoms with Crippen LogP contribution in [0, 0.1) is 5.41 Å². The van der Waals surface area contributed by atoms with E-state index < -0.39 is 5.41 Å². The third-order valence-corrected chi connectivity index (χ3v) is 4.72. The maximum atomic E-state index is 12.0. The molecule has 26 heavy (non-hydrogen) atoms. The number of piperazine rings is 1. The van der Waals surface area contributed by atoms with Crippen LogP contribution < -0.4 is 15.1 Å². The molecule has 1 amide bonds. The summed E-state index contributed by atoms with van der Waals surface area (Å²) in [6.07, 6.45) is 1.83. The van der Waals surface area contributed by atoms with Gasteiger partial charge in [-0.2, -0.15) is 0 Å². The van der Waals surface area contributed by atoms with E-state index in [0.29, 0.717) is 5.82 Å². The summed E-state index contributed by atoms with van der Waals surface area (Å²) in [5.41, 5.74) is 1.80. The van der Waals surface area contributed by atoms with Gasteiger partial charge in [-0.15, -0.1) is 0 Å². The van der Waals surface area contributed by atoms with Crippen LogP contribution in [0.3, 0.4) is 0 Å². The van der Waals surface area contributed by atoms with Crippen molar-refractivity contribution in [2.24, 2.45) is 5.41 Å². The molecule has 5 nitrogen and oxygen atoms in total. The maximum Gasteiger partial charge on any atom is 0.230 e. The number of hydrogen-bond acceptors (Lipinski definition) is 4. The van der Waals surface area contributed by atoms with Crippen molar-refractivity contribution < 1.29 is 4.79 Å². The molecule has 0 aliphatic carbocycles. The van der Waals surface area contributed by atoms with Gasteiger partial charge in [-0.05, 0) is 30.3 Å². The van der Waals surface area contributed by atoms with Gasteiger partial charge in [0.25, 0.3) is 0 Å². The van der Waals surface area contributed by atoms with Crippen molar-refractivity contribution in [3.8, 4) is 0 Å². The second-order valence-corrected chi connectivity index (χ2v) is 8.00. The predicted molar refractivity (Wildman–Crippen MR) is 108 cm³/mol. The number of anilines is 3. The lowest BCUT2D eigenvalue weighted by atomic mass is 9.96. The fourth-order valence-electron chi connectivity index (χ4n) is 2.85. The first-order valence-electron chi connectivity index (χ1n) is 8.86. The fraction of sp³-hybridized carbons (Fsp3) is 0.400. The molecule has 1 aromatic heterocycles. The number of nitrogens with one attached hydrogen (secondary N) is 1. The number of amides is 1. The highest BCUT2D eigenvalue weighted by Gasteiger charge is 2.22. The Morgan fingerprint density at radius 2 is 1.69 bits per heavy atom. The monoisotopic (exact) mass is 372 g/mol. The number of rotatable bonds is 3. The molecule has 0 radical (unpaired) electrons. The lowest BCUT2D eigenvalue weighted by Gasteiger charge is -2.37. The molecule has 0 bridgehead atoms. The minimum absolute atomic E-state index is 0.0344. The minimum Gasteiger partial charge on any atom is -0.368 e. The van der Waals surface area contributed by atoms with Gasteiger partial charge in [0, 0.05) is 42.3 Å². The molecule has 0 unspecified atom stereocenters. The Bertz CT molecular complexity index is 762. The zero-order valence-electron chi connectivity index (χ0n) is 15.5. The molecule has 2 heterocycles. The van der Waals surface area contributed by atoms with E-state index in [1.165, 1.54) is 0 Å². The first-order chi connectivity index (χ1) is 12.3. The van der Waals surface area contributed by atoms with Gasteiger partial charge < -0.3 is 15.1 Å². The van der Waals surface area contributed by atoms with E-state index in [9.17, 15) is 4.79 Å². The Kier molecular flexibility index (Phi) is 5.37. The van der Waals surface area contributed by atoms with E-state index in [0.717, 1.165) is 42.6 Å². The lowest BCUT2D eigenvalue weighted by molar-refractivity contribution is -0.123. The largest absolute Gasteiger partial charge is 0.368 e. The third kappa shape index (κ3) is 4.47. The average Bonchev–Trinajstić information content (AvgIpc) is 2.62. The van der Waals surface area contributed by atoms with Crippen molar-refractivity contribution in [2.45, 2.75) is 20.8 Å². The van der Waals surface area contributed by atoms with E-state index in [4.69, 9.17) is 11.6 Å². The summed E-state index contributed by atoms with van der Waals surface area (Å²) in [6.45, 7) is 9.36. The smallest absolute Gasteiger partial charge is 0.230 e. The molecule has 0 spiro atoms. The number of halogens is 1. The lowest BCUT2D eigenvalue weighted by Crippen LogP contribution is -2.46. The summed E-state index contributed by atoms with van der Waals surface area (Å²) in [5.74, 6) is 0.555. The van der Waals surface area contributed by atoms with Gasteiger partial charge in [0.1, 0.15) is 5.82 Å². The van der Waals surface area contributed by atoms with Gasteiger partial charge >= 0.3 is 0 Å². The van der Waals surface area contributed by atoms with Gasteiger partial charge in [-0.25, -0.2) is 4.98 Å². The number of carbonyl (C=O) groups is 1. The van der Waals surface area contributed by atoms with Crippen molar-refractivity contribution in [3.05, 3.63) is 47.6 Å². The topological polar surface area (TPSA) is 48.5 Å². The van der Waals surface area contributed by atoms with Crippen LogP contribution in [-0.4, -0.2) is 37.1 Å². The fourth-order valence-corrected chi connectivity index (χ4v) is 3.03. The molecule has 6 heteroatoms. The quantitative estimate of drug-likeness (QED) is 0.883. The molecule has 138 valence electrons. The Hall–Kier alpha value is -2.27. The van der Waals surface area contributed by atoms with E-state index in [1.54, 1.807) is 0 Å². The van der Waals surface area contributed by atoms with Crippen molar-refractivity contribution in [1.29, 1.82) is 0 Å². The molecule has 2 aromatic rings. The van der Waals surface area contributed by atoms with Crippen LogP contribution in [0.1, 0.15) is 20.8 Å². The van der Waals surface area contributed by atoms with Gasteiger partial charge in [-0.1, -0.05) is 38.4 Å². The Balaban J connectivity index is 1.59. The summed E-state index contributed by atoms with van der Waals surface area (Å²) >= 11 is 6.09. The molecule has 1 saturated heterocycles. The highest BCUT2D eigenvalue weighted by atomic mass is 35.5. The zero-order valence-corrected chi connectivity index (χ0v) is 16.3. The summed E-state index contributed by atoms with van der Waals surface area (Å²) in [5, 5.41) is 3.62. The standard InChI is InChI=1S/C20H25ClN4O/c1-20(2,3)19(26)23-18-8-7-17(14-22-18)25-11-9-24(10-12-25)16-6-4-5-15(21)13-16/h4-8,13-14H,9-12H2,1-3H3,(H,22,23,26). The second kappa shape index (κ2) is 7.54. The predicted octanol–water partition coefficient (Wildman–Crippen LogP) is 4.05. The Labute approximate surface area is 160 Å². The van der Waals surface area contributed by atoms with E-state index in [2.05, 4.69) is 26.2 Å². The molecular formula is C20H25ClN4O. The number of benzene rings is 1. The first kappa shape index (κ1) is 18.5. The molecule has 1 fully saturated rings. The Morgan fingerprint density at radius 3 is 2.23 bits per heavy atom. The highest BCUT2D eigenvalue weighted by Crippen LogP contribution is 2.23. The highest BCUT2D eigenvalue weighted by molar-refractivity contribution is 6.30. The molecule has 1 aliphatic rings. The molecule has 1 aromatic carbocycles. The van der Waals surface area contributed by atoms with E-state index in [1.807, 2.05) is 57.3 Å². The van der Waals surface area contributed by atoms with Gasteiger partial charge in [0.15, 0.2) is 0 Å². The normalized spacial score (nSPS) is 15.1. The summed E-state index contributed by atoms with van der Waals surface area (Å²) < 4.78 is 0. The minimum atomic E-state index is -0.434. The molecular weight excluding hydrogens is 348 g/mol. The van der Waals surface area contributed by atoms with E-state index in [-0.39, 0.29) is 5.91 Å². The van der Waals surface area contributed by atoms with E-state index >= 15 is 0 Å². The van der Waals surface area contributed by atoms with Crippen molar-refractivity contribution in [2.75, 3.05) is 41.3 Å². The maximum absolute atomic E-state index is 12.0. The average molecular weight is 373 g/mol.